The first-order valence-electron chi connectivity index (χ1n) is 7.15. The molecule has 1 aromatic rings. The van der Waals surface area contributed by atoms with Crippen molar-refractivity contribution in [1.82, 2.24) is 5.32 Å². The number of nitrogens with one attached hydrogen (secondary N) is 1. The van der Waals surface area contributed by atoms with Gasteiger partial charge in [0.05, 0.1) is 11.7 Å². The van der Waals surface area contributed by atoms with E-state index in [0.717, 1.165) is 37.8 Å². The van der Waals surface area contributed by atoms with Crippen molar-refractivity contribution in [3.63, 3.8) is 0 Å². The zero-order valence-electron chi connectivity index (χ0n) is 11.6. The predicted octanol–water partition coefficient (Wildman–Crippen LogP) is 3.63. The number of rotatable bonds is 3. The quantitative estimate of drug-likeness (QED) is 0.660. The zero-order valence-corrected chi connectivity index (χ0v) is 11.6. The summed E-state index contributed by atoms with van der Waals surface area (Å²) in [6.45, 7) is -0.0309. The topological polar surface area (TPSA) is 32.3 Å². The Balaban J connectivity index is 2.09. The highest BCUT2D eigenvalue weighted by Crippen LogP contribution is 2.32. The molecular weight excluding hydrogens is 286 g/mol. The van der Waals surface area contributed by atoms with Crippen molar-refractivity contribution in [3.8, 4) is 0 Å². The minimum atomic E-state index is -4.58. The molecule has 2 unspecified atom stereocenters. The third-order valence-electron chi connectivity index (χ3n) is 3.91. The van der Waals surface area contributed by atoms with E-state index in [0.29, 0.717) is 12.5 Å². The lowest BCUT2D eigenvalue weighted by molar-refractivity contribution is -0.138. The van der Waals surface area contributed by atoms with Crippen molar-refractivity contribution in [2.45, 2.75) is 57.0 Å². The van der Waals surface area contributed by atoms with Crippen molar-refractivity contribution in [2.24, 2.45) is 0 Å². The van der Waals surface area contributed by atoms with Crippen LogP contribution in [-0.4, -0.2) is 17.3 Å². The summed E-state index contributed by atoms with van der Waals surface area (Å²) in [5.74, 6) is -0.902. The minimum Gasteiger partial charge on any atom is -0.392 e. The molecule has 1 saturated carbocycles. The molecule has 0 bridgehead atoms. The van der Waals surface area contributed by atoms with Gasteiger partial charge in [-0.15, -0.1) is 0 Å². The first kappa shape index (κ1) is 16.2. The van der Waals surface area contributed by atoms with E-state index in [9.17, 15) is 22.7 Å². The zero-order chi connectivity index (χ0) is 15.5. The summed E-state index contributed by atoms with van der Waals surface area (Å²) >= 11 is 0. The van der Waals surface area contributed by atoms with Crippen LogP contribution in [0.25, 0.3) is 0 Å². The number of aliphatic hydroxyl groups is 1. The van der Waals surface area contributed by atoms with Crippen molar-refractivity contribution >= 4 is 0 Å². The van der Waals surface area contributed by atoms with Gasteiger partial charge >= 0.3 is 6.18 Å². The van der Waals surface area contributed by atoms with Gasteiger partial charge in [0.15, 0.2) is 0 Å². The van der Waals surface area contributed by atoms with Crippen LogP contribution >= 0.6 is 0 Å². The first-order valence-corrected chi connectivity index (χ1v) is 7.15. The maximum atomic E-state index is 13.0. The van der Waals surface area contributed by atoms with Gasteiger partial charge in [-0.2, -0.15) is 13.2 Å². The van der Waals surface area contributed by atoms with E-state index in [2.05, 4.69) is 5.32 Å². The lowest BCUT2D eigenvalue weighted by Crippen LogP contribution is -2.39. The molecule has 0 amide bonds. The Morgan fingerprint density at radius 3 is 2.57 bits per heavy atom. The van der Waals surface area contributed by atoms with Crippen LogP contribution < -0.4 is 5.32 Å². The van der Waals surface area contributed by atoms with Gasteiger partial charge in [-0.1, -0.05) is 25.3 Å². The molecule has 1 aromatic carbocycles. The Hall–Kier alpha value is -1.14. The van der Waals surface area contributed by atoms with Gasteiger partial charge in [0.1, 0.15) is 5.82 Å². The smallest absolute Gasteiger partial charge is 0.392 e. The van der Waals surface area contributed by atoms with Crippen LogP contribution in [-0.2, 0) is 12.7 Å². The molecule has 0 spiro atoms. The fraction of sp³-hybridized carbons (Fsp3) is 0.600. The number of alkyl halides is 3. The van der Waals surface area contributed by atoms with Crippen LogP contribution in [0.1, 0.15) is 43.2 Å². The molecule has 118 valence electrons. The van der Waals surface area contributed by atoms with E-state index in [1.807, 2.05) is 0 Å². The fourth-order valence-corrected chi connectivity index (χ4v) is 2.73. The number of hydrogen-bond acceptors (Lipinski definition) is 2. The van der Waals surface area contributed by atoms with Crippen LogP contribution in [0.2, 0.25) is 0 Å². The summed E-state index contributed by atoms with van der Waals surface area (Å²) in [4.78, 5) is 0. The van der Waals surface area contributed by atoms with E-state index in [1.165, 1.54) is 0 Å². The average molecular weight is 305 g/mol. The van der Waals surface area contributed by atoms with Gasteiger partial charge in [0.25, 0.3) is 0 Å². The predicted molar refractivity (Wildman–Crippen MR) is 71.1 cm³/mol. The van der Waals surface area contributed by atoms with Crippen molar-refractivity contribution in [3.05, 3.63) is 35.1 Å². The third kappa shape index (κ3) is 4.41. The largest absolute Gasteiger partial charge is 0.416 e. The monoisotopic (exact) mass is 305 g/mol. The summed E-state index contributed by atoms with van der Waals surface area (Å²) in [5, 5.41) is 12.9. The van der Waals surface area contributed by atoms with Crippen molar-refractivity contribution in [2.75, 3.05) is 0 Å². The van der Waals surface area contributed by atoms with Crippen LogP contribution in [0.3, 0.4) is 0 Å². The Kier molecular flexibility index (Phi) is 5.22. The number of hydrogen-bond donors (Lipinski definition) is 2. The van der Waals surface area contributed by atoms with Crippen LogP contribution in [0.4, 0.5) is 17.6 Å². The molecule has 2 rings (SSSR count). The second-order valence-electron chi connectivity index (χ2n) is 5.49. The Morgan fingerprint density at radius 2 is 1.86 bits per heavy atom. The lowest BCUT2D eigenvalue weighted by atomic mass is 10.0. The summed E-state index contributed by atoms with van der Waals surface area (Å²) in [6.07, 6.45) is -0.812. The molecule has 2 atom stereocenters. The van der Waals surface area contributed by atoms with Gasteiger partial charge < -0.3 is 10.4 Å². The van der Waals surface area contributed by atoms with Gasteiger partial charge in [-0.05, 0) is 30.5 Å². The Bertz CT molecular complexity index is 475. The summed E-state index contributed by atoms with van der Waals surface area (Å²) < 4.78 is 51.7. The molecule has 0 aromatic heterocycles. The van der Waals surface area contributed by atoms with E-state index in [1.54, 1.807) is 0 Å². The van der Waals surface area contributed by atoms with Crippen LogP contribution in [0.5, 0.6) is 0 Å². The second-order valence-corrected chi connectivity index (χ2v) is 5.49. The molecule has 2 N–H and O–H groups in total. The highest BCUT2D eigenvalue weighted by Gasteiger charge is 2.34. The first-order chi connectivity index (χ1) is 9.88. The van der Waals surface area contributed by atoms with E-state index < -0.39 is 23.7 Å². The minimum absolute atomic E-state index is 0.000321. The Labute approximate surface area is 121 Å². The van der Waals surface area contributed by atoms with Crippen molar-refractivity contribution in [1.29, 1.82) is 0 Å². The molecule has 1 aliphatic rings. The normalized spacial score (nSPS) is 23.9. The van der Waals surface area contributed by atoms with Gasteiger partial charge in [-0.25, -0.2) is 4.39 Å². The van der Waals surface area contributed by atoms with Crippen LogP contribution in [0.15, 0.2) is 18.2 Å². The standard InChI is InChI=1S/C15H19F4NO/c16-11-7-6-10(12(8-11)15(17,18)19)9-20-13-4-2-1-3-5-14(13)21/h6-8,13-14,20-21H,1-5,9H2. The molecule has 2 nitrogen and oxygen atoms in total. The number of aliphatic hydroxyl groups excluding tert-OH is 1. The van der Waals surface area contributed by atoms with Crippen molar-refractivity contribution < 1.29 is 22.7 Å². The molecule has 1 aliphatic carbocycles. The highest BCUT2D eigenvalue weighted by atomic mass is 19.4. The summed E-state index contributed by atoms with van der Waals surface area (Å²) in [5.41, 5.74) is -0.960. The molecule has 1 fully saturated rings. The average Bonchev–Trinajstić information content (AvgIpc) is 2.61. The molecule has 0 aliphatic heterocycles. The lowest BCUT2D eigenvalue weighted by Gasteiger charge is -2.23. The molecule has 0 saturated heterocycles. The molecule has 6 heteroatoms. The van der Waals surface area contributed by atoms with E-state index in [4.69, 9.17) is 0 Å². The highest BCUT2D eigenvalue weighted by molar-refractivity contribution is 5.30. The molecular formula is C15H19F4NO. The van der Waals surface area contributed by atoms with Gasteiger partial charge in [-0.3, -0.25) is 0 Å². The summed E-state index contributed by atoms with van der Waals surface area (Å²) in [7, 11) is 0. The fourth-order valence-electron chi connectivity index (χ4n) is 2.73. The molecule has 0 radical (unpaired) electrons. The van der Waals surface area contributed by atoms with Gasteiger partial charge in [0, 0.05) is 12.6 Å². The van der Waals surface area contributed by atoms with E-state index >= 15 is 0 Å². The molecule has 0 heterocycles. The third-order valence-corrected chi connectivity index (χ3v) is 3.91. The maximum Gasteiger partial charge on any atom is 0.416 e. The van der Waals surface area contributed by atoms with Gasteiger partial charge in [0.2, 0.25) is 0 Å². The summed E-state index contributed by atoms with van der Waals surface area (Å²) in [6, 6.07) is 2.48. The Morgan fingerprint density at radius 1 is 1.14 bits per heavy atom. The SMILES string of the molecule is OC1CCCCCC1NCc1ccc(F)cc1C(F)(F)F. The second kappa shape index (κ2) is 6.75. The number of benzene rings is 1. The van der Waals surface area contributed by atoms with Crippen LogP contribution in [0, 0.1) is 5.82 Å². The maximum absolute atomic E-state index is 13.0. The number of halogens is 4. The van der Waals surface area contributed by atoms with E-state index in [-0.39, 0.29) is 18.2 Å². The molecule has 21 heavy (non-hydrogen) atoms.